The number of hydrogen-bond acceptors (Lipinski definition) is 7. The molecule has 0 N–H and O–H groups in total. The number of carbonyl (C=O) groups excluding carboxylic acids is 1. The van der Waals surface area contributed by atoms with Crippen LogP contribution in [-0.2, 0) is 0 Å². The van der Waals surface area contributed by atoms with Gasteiger partial charge in [0.15, 0.2) is 17.0 Å². The smallest absolute Gasteiger partial charge is 0.255 e. The number of carbonyl (C=O) groups is 1. The Morgan fingerprint density at radius 1 is 1.03 bits per heavy atom. The van der Waals surface area contributed by atoms with Crippen LogP contribution in [0.4, 0.5) is 5.82 Å². The van der Waals surface area contributed by atoms with E-state index in [1.807, 2.05) is 24.3 Å². The molecular weight excluding hydrogens is 465 g/mol. The van der Waals surface area contributed by atoms with E-state index in [0.717, 1.165) is 5.69 Å². The molecular formula is C22H19Cl2N7O2. The van der Waals surface area contributed by atoms with E-state index >= 15 is 0 Å². The Labute approximate surface area is 199 Å². The van der Waals surface area contributed by atoms with Crippen LogP contribution in [0.15, 0.2) is 48.8 Å². The number of rotatable bonds is 4. The maximum atomic E-state index is 12.9. The van der Waals surface area contributed by atoms with Crippen molar-refractivity contribution in [2.24, 2.45) is 0 Å². The molecule has 33 heavy (non-hydrogen) atoms. The molecule has 0 radical (unpaired) electrons. The molecule has 0 unspecified atom stereocenters. The molecule has 0 bridgehead atoms. The van der Waals surface area contributed by atoms with E-state index in [9.17, 15) is 4.79 Å². The SMILES string of the molecule is COc1cccc(-n2nnc3c(N4CCN(C(=O)c5ccc(Cl)cc5Cl)CC4)ncnc32)c1. The Morgan fingerprint density at radius 2 is 1.85 bits per heavy atom. The van der Waals surface area contributed by atoms with Crippen LogP contribution in [-0.4, -0.2) is 69.1 Å². The lowest BCUT2D eigenvalue weighted by Crippen LogP contribution is -2.49. The van der Waals surface area contributed by atoms with E-state index in [0.29, 0.717) is 64.5 Å². The third kappa shape index (κ3) is 4.05. The minimum absolute atomic E-state index is 0.117. The zero-order valence-corrected chi connectivity index (χ0v) is 19.2. The molecule has 1 amide bonds. The highest BCUT2D eigenvalue weighted by Gasteiger charge is 2.26. The molecule has 9 nitrogen and oxygen atoms in total. The number of nitrogens with zero attached hydrogens (tertiary/aromatic N) is 7. The van der Waals surface area contributed by atoms with Gasteiger partial charge < -0.3 is 14.5 Å². The zero-order valence-electron chi connectivity index (χ0n) is 17.7. The largest absolute Gasteiger partial charge is 0.497 e. The normalized spacial score (nSPS) is 14.0. The van der Waals surface area contributed by atoms with Gasteiger partial charge in [0.2, 0.25) is 0 Å². The number of hydrogen-bond donors (Lipinski definition) is 0. The predicted octanol–water partition coefficient (Wildman–Crippen LogP) is 3.49. The van der Waals surface area contributed by atoms with E-state index in [2.05, 4.69) is 25.2 Å². The molecule has 168 valence electrons. The summed E-state index contributed by atoms with van der Waals surface area (Å²) in [6, 6.07) is 12.4. The van der Waals surface area contributed by atoms with Crippen molar-refractivity contribution in [2.75, 3.05) is 38.2 Å². The van der Waals surface area contributed by atoms with Gasteiger partial charge in [-0.3, -0.25) is 4.79 Å². The topological polar surface area (TPSA) is 89.3 Å². The highest BCUT2D eigenvalue weighted by Crippen LogP contribution is 2.26. The van der Waals surface area contributed by atoms with E-state index in [1.54, 1.807) is 34.9 Å². The average Bonchev–Trinajstić information content (AvgIpc) is 3.28. The van der Waals surface area contributed by atoms with Crippen molar-refractivity contribution in [2.45, 2.75) is 0 Å². The van der Waals surface area contributed by atoms with Crippen LogP contribution in [0.2, 0.25) is 10.0 Å². The molecule has 1 saturated heterocycles. The number of halogens is 2. The van der Waals surface area contributed by atoms with Crippen LogP contribution in [0.25, 0.3) is 16.9 Å². The zero-order chi connectivity index (χ0) is 22.9. The maximum absolute atomic E-state index is 12.9. The number of anilines is 1. The molecule has 4 aromatic rings. The van der Waals surface area contributed by atoms with Gasteiger partial charge in [-0.25, -0.2) is 9.97 Å². The van der Waals surface area contributed by atoms with Crippen molar-refractivity contribution in [1.82, 2.24) is 29.9 Å². The van der Waals surface area contributed by atoms with Crippen molar-refractivity contribution in [1.29, 1.82) is 0 Å². The minimum atomic E-state index is -0.117. The molecule has 2 aromatic heterocycles. The fraction of sp³-hybridized carbons (Fsp3) is 0.227. The van der Waals surface area contributed by atoms with E-state index < -0.39 is 0 Å². The third-order valence-corrected chi connectivity index (χ3v) is 6.09. The first-order valence-corrected chi connectivity index (χ1v) is 11.0. The first-order valence-electron chi connectivity index (χ1n) is 10.3. The van der Waals surface area contributed by atoms with Crippen LogP contribution in [0, 0.1) is 0 Å². The van der Waals surface area contributed by atoms with Gasteiger partial charge in [-0.2, -0.15) is 4.68 Å². The van der Waals surface area contributed by atoms with Gasteiger partial charge >= 0.3 is 0 Å². The van der Waals surface area contributed by atoms with E-state index in [4.69, 9.17) is 27.9 Å². The molecule has 3 heterocycles. The quantitative estimate of drug-likeness (QED) is 0.438. The Hall–Kier alpha value is -3.43. The summed E-state index contributed by atoms with van der Waals surface area (Å²) in [5.74, 6) is 1.28. The summed E-state index contributed by atoms with van der Waals surface area (Å²) in [6.07, 6.45) is 1.50. The Kier molecular flexibility index (Phi) is 5.74. The van der Waals surface area contributed by atoms with Crippen molar-refractivity contribution >= 4 is 46.1 Å². The number of ether oxygens (including phenoxy) is 1. The lowest BCUT2D eigenvalue weighted by atomic mass is 10.1. The van der Waals surface area contributed by atoms with Gasteiger partial charge in [0.05, 0.1) is 23.4 Å². The molecule has 1 aliphatic heterocycles. The Morgan fingerprint density at radius 3 is 2.61 bits per heavy atom. The van der Waals surface area contributed by atoms with Crippen LogP contribution in [0.5, 0.6) is 5.75 Å². The Bertz CT molecular complexity index is 1340. The standard InChI is InChI=1S/C22H19Cl2N7O2/c1-33-16-4-2-3-15(12-16)31-21-19(27-28-31)20(25-13-26-21)29-7-9-30(10-8-29)22(32)17-6-5-14(23)11-18(17)24/h2-6,11-13H,7-10H2,1H3. The Balaban J connectivity index is 1.37. The summed E-state index contributed by atoms with van der Waals surface area (Å²) in [5, 5.41) is 9.48. The molecule has 0 atom stereocenters. The molecule has 11 heteroatoms. The van der Waals surface area contributed by atoms with Crippen molar-refractivity contribution in [3.05, 3.63) is 64.4 Å². The first kappa shape index (κ1) is 21.4. The fourth-order valence-electron chi connectivity index (χ4n) is 3.84. The van der Waals surface area contributed by atoms with Crippen molar-refractivity contribution < 1.29 is 9.53 Å². The van der Waals surface area contributed by atoms with Gasteiger partial charge in [0.1, 0.15) is 12.1 Å². The number of piperazine rings is 1. The van der Waals surface area contributed by atoms with Gasteiger partial charge in [-0.1, -0.05) is 34.5 Å². The summed E-state index contributed by atoms with van der Waals surface area (Å²) >= 11 is 12.2. The molecule has 5 rings (SSSR count). The molecule has 0 aliphatic carbocycles. The second kappa shape index (κ2) is 8.84. The number of fused-ring (bicyclic) bond motifs is 1. The highest BCUT2D eigenvalue weighted by molar-refractivity contribution is 6.36. The molecule has 0 saturated carbocycles. The van der Waals surface area contributed by atoms with Gasteiger partial charge in [0, 0.05) is 37.3 Å². The second-order valence-electron chi connectivity index (χ2n) is 7.48. The van der Waals surface area contributed by atoms with Gasteiger partial charge in [-0.15, -0.1) is 5.10 Å². The van der Waals surface area contributed by atoms with Crippen LogP contribution in [0.1, 0.15) is 10.4 Å². The molecule has 0 spiro atoms. The second-order valence-corrected chi connectivity index (χ2v) is 8.32. The van der Waals surface area contributed by atoms with Crippen LogP contribution < -0.4 is 9.64 Å². The average molecular weight is 484 g/mol. The lowest BCUT2D eigenvalue weighted by Gasteiger charge is -2.35. The summed E-state index contributed by atoms with van der Waals surface area (Å²) in [6.45, 7) is 2.23. The minimum Gasteiger partial charge on any atom is -0.497 e. The van der Waals surface area contributed by atoms with Crippen molar-refractivity contribution in [3.8, 4) is 11.4 Å². The third-order valence-electron chi connectivity index (χ3n) is 5.54. The number of methoxy groups -OCH3 is 1. The maximum Gasteiger partial charge on any atom is 0.255 e. The lowest BCUT2D eigenvalue weighted by molar-refractivity contribution is 0.0747. The van der Waals surface area contributed by atoms with Crippen LogP contribution >= 0.6 is 23.2 Å². The predicted molar refractivity (Wildman–Crippen MR) is 126 cm³/mol. The molecule has 2 aromatic carbocycles. The van der Waals surface area contributed by atoms with Gasteiger partial charge in [-0.05, 0) is 30.3 Å². The highest BCUT2D eigenvalue weighted by atomic mass is 35.5. The van der Waals surface area contributed by atoms with Gasteiger partial charge in [0.25, 0.3) is 5.91 Å². The molecule has 1 aliphatic rings. The molecule has 1 fully saturated rings. The van der Waals surface area contributed by atoms with Crippen LogP contribution in [0.3, 0.4) is 0 Å². The number of amides is 1. The first-order chi connectivity index (χ1) is 16.0. The summed E-state index contributed by atoms with van der Waals surface area (Å²) in [5.41, 5.74) is 2.43. The number of benzene rings is 2. The monoisotopic (exact) mass is 483 g/mol. The van der Waals surface area contributed by atoms with E-state index in [-0.39, 0.29) is 5.91 Å². The summed E-state index contributed by atoms with van der Waals surface area (Å²) < 4.78 is 6.97. The number of aromatic nitrogens is 5. The summed E-state index contributed by atoms with van der Waals surface area (Å²) in [7, 11) is 1.62. The van der Waals surface area contributed by atoms with E-state index in [1.165, 1.54) is 6.33 Å². The summed E-state index contributed by atoms with van der Waals surface area (Å²) in [4.78, 5) is 25.6. The van der Waals surface area contributed by atoms with Crippen molar-refractivity contribution in [3.63, 3.8) is 0 Å². The fourth-order valence-corrected chi connectivity index (χ4v) is 4.33.